The molecule has 0 saturated heterocycles. The van der Waals surface area contributed by atoms with Crippen molar-refractivity contribution in [1.29, 1.82) is 0 Å². The molecular weight excluding hydrogens is 486 g/mol. The topological polar surface area (TPSA) is 46.2 Å². The van der Waals surface area contributed by atoms with E-state index in [2.05, 4.69) is 31.9 Å². The van der Waals surface area contributed by atoms with Crippen LogP contribution in [0.2, 0.25) is 10.0 Å². The lowest BCUT2D eigenvalue weighted by Crippen LogP contribution is -2.44. The fourth-order valence-corrected chi connectivity index (χ4v) is 3.87. The molecule has 9 heteroatoms. The molecule has 1 unspecified atom stereocenters. The highest BCUT2D eigenvalue weighted by Crippen LogP contribution is 2.49. The molecule has 124 valence electrons. The van der Waals surface area contributed by atoms with Crippen LogP contribution in [0.5, 0.6) is 0 Å². The summed E-state index contributed by atoms with van der Waals surface area (Å²) in [5, 5.41) is 10.5. The molecule has 0 bridgehead atoms. The molecule has 0 radical (unpaired) electrons. The summed E-state index contributed by atoms with van der Waals surface area (Å²) < 4.78 is 41.8. The standard InChI is InChI=1S/C14H8Br2Cl2F3NO/c15-7-3-10(12(22)11(16)4-7)13(23,14(19,20)21)6-1-8(17)5-9(18)2-6/h1-5,23H,22H2. The molecule has 0 aliphatic heterocycles. The molecule has 1 atom stereocenters. The van der Waals surface area contributed by atoms with Gasteiger partial charge < -0.3 is 10.8 Å². The van der Waals surface area contributed by atoms with E-state index in [1.165, 1.54) is 12.1 Å². The smallest absolute Gasteiger partial charge is 0.397 e. The Kier molecular flexibility index (Phi) is 5.28. The Balaban J connectivity index is 2.86. The van der Waals surface area contributed by atoms with E-state index < -0.39 is 22.9 Å². The molecule has 2 aromatic carbocycles. The second kappa shape index (κ2) is 6.44. The third kappa shape index (κ3) is 3.49. The Bertz CT molecular complexity index is 750. The van der Waals surface area contributed by atoms with Gasteiger partial charge in [0.2, 0.25) is 5.60 Å². The Morgan fingerprint density at radius 3 is 1.96 bits per heavy atom. The Morgan fingerprint density at radius 1 is 0.957 bits per heavy atom. The van der Waals surface area contributed by atoms with Gasteiger partial charge in [-0.1, -0.05) is 39.1 Å². The van der Waals surface area contributed by atoms with E-state index in [0.717, 1.165) is 18.2 Å². The Labute approximate surface area is 156 Å². The molecule has 2 rings (SSSR count). The minimum absolute atomic E-state index is 0.0391. The van der Waals surface area contributed by atoms with Gasteiger partial charge in [-0.25, -0.2) is 0 Å². The highest BCUT2D eigenvalue weighted by Gasteiger charge is 2.57. The van der Waals surface area contributed by atoms with Crippen LogP contribution in [0.3, 0.4) is 0 Å². The van der Waals surface area contributed by atoms with Gasteiger partial charge in [0.25, 0.3) is 0 Å². The minimum atomic E-state index is -5.06. The maximum absolute atomic E-state index is 13.8. The lowest BCUT2D eigenvalue weighted by atomic mass is 9.84. The van der Waals surface area contributed by atoms with Crippen LogP contribution in [0.15, 0.2) is 39.3 Å². The first-order valence-electron chi connectivity index (χ1n) is 5.97. The van der Waals surface area contributed by atoms with E-state index in [-0.39, 0.29) is 20.2 Å². The van der Waals surface area contributed by atoms with Gasteiger partial charge in [-0.15, -0.1) is 0 Å². The summed E-state index contributed by atoms with van der Waals surface area (Å²) in [6, 6.07) is 5.83. The van der Waals surface area contributed by atoms with E-state index in [9.17, 15) is 18.3 Å². The maximum atomic E-state index is 13.8. The second-order valence-electron chi connectivity index (χ2n) is 4.72. The summed E-state index contributed by atoms with van der Waals surface area (Å²) >= 11 is 17.7. The van der Waals surface area contributed by atoms with Crippen molar-refractivity contribution in [2.24, 2.45) is 0 Å². The van der Waals surface area contributed by atoms with Crippen LogP contribution in [-0.4, -0.2) is 11.3 Å². The zero-order valence-electron chi connectivity index (χ0n) is 11.1. The average Bonchev–Trinajstić information content (AvgIpc) is 2.39. The molecule has 0 saturated carbocycles. The van der Waals surface area contributed by atoms with E-state index in [1.54, 1.807) is 0 Å². The summed E-state index contributed by atoms with van der Waals surface area (Å²) in [6.07, 6.45) is -5.06. The first-order chi connectivity index (χ1) is 10.5. The van der Waals surface area contributed by atoms with Crippen LogP contribution in [0.4, 0.5) is 18.9 Å². The van der Waals surface area contributed by atoms with Crippen molar-refractivity contribution in [1.82, 2.24) is 0 Å². The number of hydrogen-bond donors (Lipinski definition) is 2. The van der Waals surface area contributed by atoms with Crippen LogP contribution < -0.4 is 5.73 Å². The van der Waals surface area contributed by atoms with Gasteiger partial charge in [0, 0.05) is 30.1 Å². The summed E-state index contributed by atoms with van der Waals surface area (Å²) in [5.74, 6) is 0. The predicted octanol–water partition coefficient (Wildman–Crippen LogP) is 5.90. The number of hydrogen-bond acceptors (Lipinski definition) is 2. The zero-order chi connectivity index (χ0) is 17.6. The van der Waals surface area contributed by atoms with Crippen LogP contribution >= 0.6 is 55.1 Å². The summed E-state index contributed by atoms with van der Waals surface area (Å²) in [5.41, 5.74) is 1.06. The van der Waals surface area contributed by atoms with Gasteiger partial charge in [0.05, 0.1) is 5.69 Å². The van der Waals surface area contributed by atoms with Crippen molar-refractivity contribution in [2.45, 2.75) is 11.8 Å². The van der Waals surface area contributed by atoms with Gasteiger partial charge in [-0.3, -0.25) is 0 Å². The molecule has 2 nitrogen and oxygen atoms in total. The minimum Gasteiger partial charge on any atom is -0.397 e. The number of benzene rings is 2. The first-order valence-corrected chi connectivity index (χ1v) is 8.31. The zero-order valence-corrected chi connectivity index (χ0v) is 15.7. The molecule has 0 spiro atoms. The number of nitrogens with two attached hydrogens (primary N) is 1. The molecular formula is C14H8Br2Cl2F3NO. The summed E-state index contributed by atoms with van der Waals surface area (Å²) in [4.78, 5) is 0. The van der Waals surface area contributed by atoms with Gasteiger partial charge in [-0.2, -0.15) is 13.2 Å². The monoisotopic (exact) mass is 491 g/mol. The average molecular weight is 494 g/mol. The molecule has 0 fully saturated rings. The van der Waals surface area contributed by atoms with Gasteiger partial charge in [0.1, 0.15) is 0 Å². The van der Waals surface area contributed by atoms with Crippen molar-refractivity contribution in [3.8, 4) is 0 Å². The summed E-state index contributed by atoms with van der Waals surface area (Å²) in [6.45, 7) is 0. The third-order valence-electron chi connectivity index (χ3n) is 3.17. The van der Waals surface area contributed by atoms with Crippen molar-refractivity contribution in [2.75, 3.05) is 5.73 Å². The second-order valence-corrected chi connectivity index (χ2v) is 7.36. The van der Waals surface area contributed by atoms with Crippen LogP contribution in [-0.2, 0) is 5.60 Å². The van der Waals surface area contributed by atoms with Crippen LogP contribution in [0, 0.1) is 0 Å². The Morgan fingerprint density at radius 2 is 1.48 bits per heavy atom. The van der Waals surface area contributed by atoms with E-state index in [0.29, 0.717) is 4.47 Å². The highest BCUT2D eigenvalue weighted by molar-refractivity contribution is 9.11. The number of alkyl halides is 3. The van der Waals surface area contributed by atoms with Gasteiger partial charge >= 0.3 is 6.18 Å². The van der Waals surface area contributed by atoms with Gasteiger partial charge in [0.15, 0.2) is 0 Å². The number of aliphatic hydroxyl groups is 1. The number of anilines is 1. The first kappa shape index (κ1) is 18.9. The largest absolute Gasteiger partial charge is 0.425 e. The van der Waals surface area contributed by atoms with Crippen molar-refractivity contribution >= 4 is 60.7 Å². The van der Waals surface area contributed by atoms with Crippen molar-refractivity contribution < 1.29 is 18.3 Å². The predicted molar refractivity (Wildman–Crippen MR) is 91.8 cm³/mol. The van der Waals surface area contributed by atoms with Crippen molar-refractivity contribution in [3.05, 3.63) is 60.4 Å². The quantitative estimate of drug-likeness (QED) is 0.512. The highest BCUT2D eigenvalue weighted by atomic mass is 79.9. The SMILES string of the molecule is Nc1c(Br)cc(Br)cc1C(O)(c1cc(Cl)cc(Cl)c1)C(F)(F)F. The lowest BCUT2D eigenvalue weighted by Gasteiger charge is -2.33. The maximum Gasteiger partial charge on any atom is 0.425 e. The summed E-state index contributed by atoms with van der Waals surface area (Å²) in [7, 11) is 0. The molecule has 0 aliphatic rings. The fourth-order valence-electron chi connectivity index (χ4n) is 2.12. The number of halogens is 7. The number of nitrogen functional groups attached to an aromatic ring is 1. The molecule has 23 heavy (non-hydrogen) atoms. The molecule has 3 N–H and O–H groups in total. The molecule has 0 aromatic heterocycles. The van der Waals surface area contributed by atoms with E-state index in [4.69, 9.17) is 28.9 Å². The van der Waals surface area contributed by atoms with Crippen LogP contribution in [0.1, 0.15) is 11.1 Å². The molecule has 2 aromatic rings. The van der Waals surface area contributed by atoms with E-state index >= 15 is 0 Å². The molecule has 0 aliphatic carbocycles. The van der Waals surface area contributed by atoms with E-state index in [1.807, 2.05) is 0 Å². The Hall–Kier alpha value is -0.470. The number of rotatable bonds is 2. The van der Waals surface area contributed by atoms with Gasteiger partial charge in [-0.05, 0) is 46.3 Å². The molecule has 0 amide bonds. The third-order valence-corrected chi connectivity index (χ3v) is 4.73. The fraction of sp³-hybridized carbons (Fsp3) is 0.143. The van der Waals surface area contributed by atoms with Crippen LogP contribution in [0.25, 0.3) is 0 Å². The normalized spacial score (nSPS) is 14.6. The lowest BCUT2D eigenvalue weighted by molar-refractivity contribution is -0.248. The molecule has 0 heterocycles. The van der Waals surface area contributed by atoms with Crippen molar-refractivity contribution in [3.63, 3.8) is 0 Å².